The summed E-state index contributed by atoms with van der Waals surface area (Å²) in [5.41, 5.74) is 12.2. The molecule has 6 aromatic rings. The fourth-order valence-electron chi connectivity index (χ4n) is 5.99. The van der Waals surface area contributed by atoms with E-state index in [4.69, 9.17) is 0 Å². The summed E-state index contributed by atoms with van der Waals surface area (Å²) in [6.07, 6.45) is 0. The van der Waals surface area contributed by atoms with Crippen LogP contribution in [0.4, 0.5) is 22.7 Å². The van der Waals surface area contributed by atoms with Crippen molar-refractivity contribution in [2.24, 2.45) is 0 Å². The molecule has 0 N–H and O–H groups in total. The Morgan fingerprint density at radius 2 is 0.875 bits per heavy atom. The van der Waals surface area contributed by atoms with E-state index in [2.05, 4.69) is 174 Å². The monoisotopic (exact) mass is 512 g/mol. The Morgan fingerprint density at radius 3 is 1.38 bits per heavy atom. The normalized spacial score (nSPS) is 12.5. The Balaban J connectivity index is 1.59. The number of benzene rings is 6. The third kappa shape index (κ3) is 4.17. The summed E-state index contributed by atoms with van der Waals surface area (Å²) in [7, 11) is 0. The summed E-state index contributed by atoms with van der Waals surface area (Å²) in [6, 6.07) is 56.8. The highest BCUT2D eigenvalue weighted by Crippen LogP contribution is 2.47. The van der Waals surface area contributed by atoms with Crippen molar-refractivity contribution in [3.8, 4) is 22.3 Å². The maximum absolute atomic E-state index is 2.52. The summed E-state index contributed by atoms with van der Waals surface area (Å²) in [6.45, 7) is 2.06. The highest BCUT2D eigenvalue weighted by Gasteiger charge is 2.45. The van der Waals surface area contributed by atoms with Crippen LogP contribution in [-0.4, -0.2) is 6.98 Å². The predicted octanol–water partition coefficient (Wildman–Crippen LogP) is 9.01. The smallest absolute Gasteiger partial charge is 0.360 e. The first-order valence-corrected chi connectivity index (χ1v) is 13.8. The fraction of sp³-hybridized carbons (Fsp3) is 0.0270. The average Bonchev–Trinajstić information content (AvgIpc) is 3.36. The van der Waals surface area contributed by atoms with Crippen molar-refractivity contribution in [1.29, 1.82) is 0 Å². The molecule has 3 heteroatoms. The summed E-state index contributed by atoms with van der Waals surface area (Å²) >= 11 is 0. The lowest BCUT2D eigenvalue weighted by atomic mass is 9.59. The van der Waals surface area contributed by atoms with Crippen LogP contribution in [0.3, 0.4) is 0 Å². The first kappa shape index (κ1) is 24.1. The standard InChI is InChI=1S/C37H29BN2/c1-28-25-26-35-36(27-28)40(32-21-12-5-13-22-32)38(39(35)31-19-10-4-11-20-31)37-33(29-15-6-2-7-16-29)23-14-24-34(37)30-17-8-3-9-18-30/h2-27H,1H3. The molecule has 0 saturated carbocycles. The minimum atomic E-state index is -0.117. The van der Waals surface area contributed by atoms with Crippen LogP contribution in [0.1, 0.15) is 5.56 Å². The largest absolute Gasteiger partial charge is 0.422 e. The summed E-state index contributed by atoms with van der Waals surface area (Å²) in [5, 5.41) is 0. The van der Waals surface area contributed by atoms with Gasteiger partial charge in [0.15, 0.2) is 0 Å². The van der Waals surface area contributed by atoms with Gasteiger partial charge < -0.3 is 9.62 Å². The van der Waals surface area contributed by atoms with E-state index in [0.29, 0.717) is 0 Å². The molecular formula is C37H29BN2. The van der Waals surface area contributed by atoms with E-state index in [9.17, 15) is 0 Å². The van der Waals surface area contributed by atoms with Gasteiger partial charge in [0, 0.05) is 11.4 Å². The van der Waals surface area contributed by atoms with Gasteiger partial charge in [0.1, 0.15) is 0 Å². The molecule has 0 aromatic heterocycles. The van der Waals surface area contributed by atoms with Crippen LogP contribution in [-0.2, 0) is 0 Å². The van der Waals surface area contributed by atoms with Crippen LogP contribution >= 0.6 is 0 Å². The van der Waals surface area contributed by atoms with E-state index < -0.39 is 0 Å². The number of hydrogen-bond acceptors (Lipinski definition) is 2. The number of anilines is 4. The van der Waals surface area contributed by atoms with E-state index in [0.717, 1.165) is 5.69 Å². The molecule has 0 bridgehead atoms. The number of aryl methyl sites for hydroxylation is 1. The molecule has 1 heterocycles. The van der Waals surface area contributed by atoms with Crippen molar-refractivity contribution in [2.75, 3.05) is 9.62 Å². The summed E-state index contributed by atoms with van der Waals surface area (Å²) < 4.78 is 0. The van der Waals surface area contributed by atoms with Gasteiger partial charge in [0.2, 0.25) is 0 Å². The second-order valence-electron chi connectivity index (χ2n) is 10.3. The van der Waals surface area contributed by atoms with Crippen LogP contribution in [0.25, 0.3) is 22.3 Å². The Labute approximate surface area is 236 Å². The Kier molecular flexibility index (Phi) is 6.18. The second kappa shape index (κ2) is 10.3. The molecule has 2 nitrogen and oxygen atoms in total. The highest BCUT2D eigenvalue weighted by atomic mass is 15.3. The van der Waals surface area contributed by atoms with Gasteiger partial charge in [-0.15, -0.1) is 0 Å². The molecule has 40 heavy (non-hydrogen) atoms. The summed E-state index contributed by atoms with van der Waals surface area (Å²) in [4.78, 5) is 5.03. The second-order valence-corrected chi connectivity index (χ2v) is 10.3. The first-order chi connectivity index (χ1) is 19.8. The quantitative estimate of drug-likeness (QED) is 0.213. The zero-order valence-electron chi connectivity index (χ0n) is 22.5. The molecule has 1 aliphatic rings. The third-order valence-corrected chi connectivity index (χ3v) is 7.74. The molecule has 0 amide bonds. The van der Waals surface area contributed by atoms with Crippen LogP contribution in [0.15, 0.2) is 158 Å². The van der Waals surface area contributed by atoms with E-state index in [1.54, 1.807) is 0 Å². The third-order valence-electron chi connectivity index (χ3n) is 7.74. The van der Waals surface area contributed by atoms with Crippen molar-refractivity contribution >= 4 is 35.2 Å². The van der Waals surface area contributed by atoms with Crippen LogP contribution < -0.4 is 15.1 Å². The van der Waals surface area contributed by atoms with Gasteiger partial charge in [0.25, 0.3) is 0 Å². The molecule has 0 saturated heterocycles. The van der Waals surface area contributed by atoms with Crippen LogP contribution in [0.5, 0.6) is 0 Å². The lowest BCUT2D eigenvalue weighted by molar-refractivity contribution is 1.39. The molecule has 0 unspecified atom stereocenters. The number of hydrogen-bond donors (Lipinski definition) is 0. The number of fused-ring (bicyclic) bond motifs is 1. The van der Waals surface area contributed by atoms with Gasteiger partial charge in [-0.3, -0.25) is 0 Å². The molecule has 0 spiro atoms. The van der Waals surface area contributed by atoms with Crippen molar-refractivity contribution in [3.05, 3.63) is 163 Å². The zero-order chi connectivity index (χ0) is 26.9. The van der Waals surface area contributed by atoms with Crippen molar-refractivity contribution in [3.63, 3.8) is 0 Å². The lowest BCUT2D eigenvalue weighted by Gasteiger charge is -2.33. The molecule has 0 fully saturated rings. The SMILES string of the molecule is Cc1ccc2c(c1)N(c1ccccc1)B(c1c(-c3ccccc3)cccc1-c1ccccc1)N2c1ccccc1. The van der Waals surface area contributed by atoms with Crippen LogP contribution in [0, 0.1) is 6.92 Å². The highest BCUT2D eigenvalue weighted by molar-refractivity contribution is 6.86. The molecule has 0 atom stereocenters. The van der Waals surface area contributed by atoms with E-state index >= 15 is 0 Å². The zero-order valence-corrected chi connectivity index (χ0v) is 22.5. The summed E-state index contributed by atoms with van der Waals surface area (Å²) in [5.74, 6) is 0. The Hall–Kier alpha value is -5.02. The maximum Gasteiger partial charge on any atom is 0.422 e. The van der Waals surface area contributed by atoms with Gasteiger partial charge in [-0.25, -0.2) is 0 Å². The van der Waals surface area contributed by atoms with Crippen molar-refractivity contribution in [1.82, 2.24) is 0 Å². The molecule has 7 rings (SSSR count). The average molecular weight is 512 g/mol. The minimum Gasteiger partial charge on any atom is -0.360 e. The molecule has 190 valence electrons. The number of rotatable bonds is 5. The fourth-order valence-corrected chi connectivity index (χ4v) is 5.99. The Bertz CT molecular complexity index is 1700. The van der Waals surface area contributed by atoms with Gasteiger partial charge in [-0.2, -0.15) is 0 Å². The maximum atomic E-state index is 2.52. The number of para-hydroxylation sites is 2. The van der Waals surface area contributed by atoms with Gasteiger partial charge in [0.05, 0.1) is 11.4 Å². The van der Waals surface area contributed by atoms with Gasteiger partial charge in [-0.05, 0) is 76.6 Å². The van der Waals surface area contributed by atoms with Crippen LogP contribution in [0.2, 0.25) is 0 Å². The first-order valence-electron chi connectivity index (χ1n) is 13.8. The molecule has 1 aliphatic heterocycles. The topological polar surface area (TPSA) is 6.48 Å². The molecule has 0 aliphatic carbocycles. The molecular weight excluding hydrogens is 483 g/mol. The van der Waals surface area contributed by atoms with E-state index in [1.165, 1.54) is 50.3 Å². The molecule has 0 radical (unpaired) electrons. The lowest BCUT2D eigenvalue weighted by Crippen LogP contribution is -2.54. The number of nitrogens with zero attached hydrogens (tertiary/aromatic N) is 2. The molecule has 6 aromatic carbocycles. The van der Waals surface area contributed by atoms with Crippen molar-refractivity contribution < 1.29 is 0 Å². The van der Waals surface area contributed by atoms with E-state index in [-0.39, 0.29) is 6.98 Å². The predicted molar refractivity (Wildman–Crippen MR) is 171 cm³/mol. The van der Waals surface area contributed by atoms with Gasteiger partial charge >= 0.3 is 6.98 Å². The van der Waals surface area contributed by atoms with E-state index in [1.807, 2.05) is 0 Å². The van der Waals surface area contributed by atoms with Gasteiger partial charge in [-0.1, -0.05) is 121 Å². The van der Waals surface area contributed by atoms with Crippen molar-refractivity contribution in [2.45, 2.75) is 6.92 Å². The Morgan fingerprint density at radius 1 is 0.425 bits per heavy atom. The minimum absolute atomic E-state index is 0.117.